The topological polar surface area (TPSA) is 17.1 Å². The average Bonchev–Trinajstić information content (AvgIpc) is 2.36. The van der Waals surface area contributed by atoms with Crippen molar-refractivity contribution in [3.63, 3.8) is 0 Å². The number of rotatable bonds is 1. The van der Waals surface area contributed by atoms with Gasteiger partial charge in [0, 0.05) is 5.41 Å². The van der Waals surface area contributed by atoms with Gasteiger partial charge in [-0.1, -0.05) is 24.0 Å². The second kappa shape index (κ2) is 4.01. The third kappa shape index (κ3) is 1.56. The lowest BCUT2D eigenvalue weighted by atomic mass is 9.57. The highest BCUT2D eigenvalue weighted by molar-refractivity contribution is 5.62. The van der Waals surface area contributed by atoms with Crippen LogP contribution in [0.2, 0.25) is 0 Å². The molecule has 88 valence electrons. The van der Waals surface area contributed by atoms with Crippen LogP contribution in [0.15, 0.2) is 11.1 Å². The van der Waals surface area contributed by atoms with E-state index < -0.39 is 0 Å². The van der Waals surface area contributed by atoms with Crippen LogP contribution in [0.3, 0.4) is 0 Å². The van der Waals surface area contributed by atoms with E-state index in [0.717, 1.165) is 12.8 Å². The summed E-state index contributed by atoms with van der Waals surface area (Å²) >= 11 is 0. The molecule has 1 saturated carbocycles. The molecule has 1 nitrogen and oxygen atoms in total. The summed E-state index contributed by atoms with van der Waals surface area (Å²) in [7, 11) is 0. The molecule has 0 saturated heterocycles. The normalized spacial score (nSPS) is 38.9. The van der Waals surface area contributed by atoms with Gasteiger partial charge in [0.25, 0.3) is 0 Å². The molecule has 0 aromatic rings. The average molecular weight is 218 g/mol. The van der Waals surface area contributed by atoms with Gasteiger partial charge in [-0.3, -0.25) is 0 Å². The maximum absolute atomic E-state index is 11.6. The number of hydrogen-bond acceptors (Lipinski definition) is 1. The lowest BCUT2D eigenvalue weighted by Crippen LogP contribution is -2.39. The molecule has 0 amide bonds. The summed E-state index contributed by atoms with van der Waals surface area (Å²) < 4.78 is 0. The minimum atomic E-state index is 0.0639. The van der Waals surface area contributed by atoms with Crippen LogP contribution < -0.4 is 0 Å². The van der Waals surface area contributed by atoms with Crippen LogP contribution in [-0.2, 0) is 4.79 Å². The number of aldehydes is 1. The number of fused-ring (bicyclic) bond motifs is 1. The molecule has 16 heavy (non-hydrogen) atoms. The summed E-state index contributed by atoms with van der Waals surface area (Å²) in [6.45, 7) is 0. The predicted octanol–water partition coefficient (Wildman–Crippen LogP) is 4.03. The van der Waals surface area contributed by atoms with Crippen LogP contribution in [-0.4, -0.2) is 6.29 Å². The Labute approximate surface area is 98.3 Å². The van der Waals surface area contributed by atoms with Crippen LogP contribution in [0.4, 0.5) is 0 Å². The lowest BCUT2D eigenvalue weighted by molar-refractivity contribution is -0.121. The Morgan fingerprint density at radius 2 is 1.88 bits per heavy atom. The fourth-order valence-electron chi connectivity index (χ4n) is 4.26. The Morgan fingerprint density at radius 1 is 1.06 bits per heavy atom. The van der Waals surface area contributed by atoms with Gasteiger partial charge in [-0.05, 0) is 57.3 Å². The Morgan fingerprint density at radius 3 is 2.69 bits per heavy atom. The molecule has 0 unspecified atom stereocenters. The zero-order chi connectivity index (χ0) is 11.0. The summed E-state index contributed by atoms with van der Waals surface area (Å²) in [6.07, 6.45) is 14.2. The first kappa shape index (κ1) is 10.6. The fraction of sp³-hybridized carbons (Fsp3) is 0.800. The van der Waals surface area contributed by atoms with E-state index in [4.69, 9.17) is 0 Å². The summed E-state index contributed by atoms with van der Waals surface area (Å²) in [5, 5.41) is 0. The van der Waals surface area contributed by atoms with Crippen molar-refractivity contribution in [2.45, 2.75) is 64.2 Å². The second-order valence-electron chi connectivity index (χ2n) is 6.09. The van der Waals surface area contributed by atoms with Gasteiger partial charge in [-0.2, -0.15) is 0 Å². The summed E-state index contributed by atoms with van der Waals surface area (Å²) in [5.74, 6) is 0.690. The minimum Gasteiger partial charge on any atom is -0.303 e. The van der Waals surface area contributed by atoms with Gasteiger partial charge in [0.2, 0.25) is 0 Å². The third-order valence-corrected chi connectivity index (χ3v) is 5.23. The van der Waals surface area contributed by atoms with Crippen molar-refractivity contribution in [2.75, 3.05) is 0 Å². The molecule has 1 heteroatoms. The molecule has 2 atom stereocenters. The SMILES string of the molecule is O=C[C@]12CCCC[C@H]1CC1=C(CCCC1)C2. The van der Waals surface area contributed by atoms with E-state index in [1.807, 2.05) is 0 Å². The Bertz CT molecular complexity index is 328. The molecular weight excluding hydrogens is 196 g/mol. The first-order chi connectivity index (χ1) is 7.84. The van der Waals surface area contributed by atoms with E-state index in [1.54, 1.807) is 11.1 Å². The summed E-state index contributed by atoms with van der Waals surface area (Å²) in [6, 6.07) is 0. The Hall–Kier alpha value is -0.590. The zero-order valence-electron chi connectivity index (χ0n) is 10.1. The number of allylic oxidation sites excluding steroid dienone is 2. The van der Waals surface area contributed by atoms with Crippen molar-refractivity contribution in [2.24, 2.45) is 11.3 Å². The Balaban J connectivity index is 1.91. The zero-order valence-corrected chi connectivity index (χ0v) is 10.1. The summed E-state index contributed by atoms with van der Waals surface area (Å²) in [5.41, 5.74) is 3.49. The van der Waals surface area contributed by atoms with Crippen molar-refractivity contribution in [3.8, 4) is 0 Å². The molecule has 0 spiro atoms. The standard InChI is InChI=1S/C15H22O/c16-11-15-8-4-3-7-14(15)9-12-5-1-2-6-13(12)10-15/h11,14H,1-10H2/t14-,15+/m0/s1. The molecule has 0 aromatic carbocycles. The van der Waals surface area contributed by atoms with Gasteiger partial charge < -0.3 is 4.79 Å². The maximum atomic E-state index is 11.6. The van der Waals surface area contributed by atoms with Crippen LogP contribution in [0, 0.1) is 11.3 Å². The van der Waals surface area contributed by atoms with Gasteiger partial charge in [0.15, 0.2) is 0 Å². The molecule has 0 heterocycles. The van der Waals surface area contributed by atoms with E-state index in [2.05, 4.69) is 0 Å². The van der Waals surface area contributed by atoms with Gasteiger partial charge in [-0.15, -0.1) is 0 Å². The van der Waals surface area contributed by atoms with Crippen LogP contribution in [0.1, 0.15) is 64.2 Å². The minimum absolute atomic E-state index is 0.0639. The smallest absolute Gasteiger partial charge is 0.126 e. The highest BCUT2D eigenvalue weighted by atomic mass is 16.1. The summed E-state index contributed by atoms with van der Waals surface area (Å²) in [4.78, 5) is 11.6. The molecular formula is C15H22O. The quantitative estimate of drug-likeness (QED) is 0.480. The number of hydrogen-bond donors (Lipinski definition) is 0. The van der Waals surface area contributed by atoms with Gasteiger partial charge in [0.05, 0.1) is 0 Å². The Kier molecular flexibility index (Phi) is 2.65. The molecule has 0 radical (unpaired) electrons. The maximum Gasteiger partial charge on any atom is 0.126 e. The van der Waals surface area contributed by atoms with E-state index in [-0.39, 0.29) is 5.41 Å². The monoisotopic (exact) mass is 218 g/mol. The van der Waals surface area contributed by atoms with Crippen molar-refractivity contribution < 1.29 is 4.79 Å². The van der Waals surface area contributed by atoms with Crippen molar-refractivity contribution >= 4 is 6.29 Å². The van der Waals surface area contributed by atoms with Crippen LogP contribution >= 0.6 is 0 Å². The van der Waals surface area contributed by atoms with Gasteiger partial charge in [0.1, 0.15) is 6.29 Å². The third-order valence-electron chi connectivity index (χ3n) is 5.23. The number of carbonyl (C=O) groups excluding carboxylic acids is 1. The van der Waals surface area contributed by atoms with Crippen molar-refractivity contribution in [1.82, 2.24) is 0 Å². The van der Waals surface area contributed by atoms with Crippen LogP contribution in [0.25, 0.3) is 0 Å². The van der Waals surface area contributed by atoms with E-state index in [0.29, 0.717) is 5.92 Å². The van der Waals surface area contributed by atoms with Crippen molar-refractivity contribution in [3.05, 3.63) is 11.1 Å². The first-order valence-electron chi connectivity index (χ1n) is 7.00. The van der Waals surface area contributed by atoms with E-state index in [9.17, 15) is 4.79 Å². The van der Waals surface area contributed by atoms with Gasteiger partial charge >= 0.3 is 0 Å². The van der Waals surface area contributed by atoms with E-state index in [1.165, 1.54) is 57.7 Å². The lowest BCUT2D eigenvalue weighted by Gasteiger charge is -2.46. The molecule has 0 aromatic heterocycles. The van der Waals surface area contributed by atoms with E-state index >= 15 is 0 Å². The fourth-order valence-corrected chi connectivity index (χ4v) is 4.26. The molecule has 3 aliphatic rings. The molecule has 0 N–H and O–H groups in total. The highest BCUT2D eigenvalue weighted by Gasteiger charge is 2.44. The largest absolute Gasteiger partial charge is 0.303 e. The predicted molar refractivity (Wildman–Crippen MR) is 65.2 cm³/mol. The van der Waals surface area contributed by atoms with Crippen molar-refractivity contribution in [1.29, 1.82) is 0 Å². The molecule has 3 rings (SSSR count). The second-order valence-corrected chi connectivity index (χ2v) is 6.09. The van der Waals surface area contributed by atoms with Crippen LogP contribution in [0.5, 0.6) is 0 Å². The molecule has 0 aliphatic heterocycles. The molecule has 1 fully saturated rings. The highest BCUT2D eigenvalue weighted by Crippen LogP contribution is 2.53. The number of carbonyl (C=O) groups is 1. The molecule has 3 aliphatic carbocycles. The molecule has 0 bridgehead atoms. The van der Waals surface area contributed by atoms with Gasteiger partial charge in [-0.25, -0.2) is 0 Å². The first-order valence-corrected chi connectivity index (χ1v) is 7.00.